The average molecular weight is 274 g/mol. The molecule has 0 saturated carbocycles. The van der Waals surface area contributed by atoms with Crippen LogP contribution in [0.3, 0.4) is 0 Å². The summed E-state index contributed by atoms with van der Waals surface area (Å²) in [4.78, 5) is 1.97. The summed E-state index contributed by atoms with van der Waals surface area (Å²) < 4.78 is 0. The summed E-state index contributed by atoms with van der Waals surface area (Å²) in [6.07, 6.45) is 5.38. The van der Waals surface area contributed by atoms with E-state index in [0.29, 0.717) is 0 Å². The zero-order valence-corrected chi connectivity index (χ0v) is 9.67. The van der Waals surface area contributed by atoms with Gasteiger partial charge >= 0.3 is 0 Å². The second-order valence-corrected chi connectivity index (χ2v) is 2.98. The number of alkyl halides is 1. The molecule has 1 aromatic carbocycles. The Balaban J connectivity index is 0.000000336. The maximum absolute atomic E-state index is 2.26. The number of halogens is 1. The molecule has 0 atom stereocenters. The standard InChI is InChI=1S/C10H12.CH3I/c1-2-6-10-8-4-3-7-9(10)5-1;1-2/h1-2,5-6H,3-4,7-8H2;1H3. The number of fused-ring (bicyclic) bond motifs is 1. The Hall–Kier alpha value is -0.0500. The van der Waals surface area contributed by atoms with Crippen LogP contribution in [0.2, 0.25) is 0 Å². The van der Waals surface area contributed by atoms with Gasteiger partial charge in [0, 0.05) is 0 Å². The molecule has 0 fully saturated rings. The van der Waals surface area contributed by atoms with Gasteiger partial charge in [-0.15, -0.1) is 0 Å². The number of hydrogen-bond acceptors (Lipinski definition) is 0. The van der Waals surface area contributed by atoms with Crippen LogP contribution in [0, 0.1) is 0 Å². The first-order chi connectivity index (χ1) is 5.97. The first kappa shape index (κ1) is 10.0. The lowest BCUT2D eigenvalue weighted by atomic mass is 9.92. The van der Waals surface area contributed by atoms with E-state index >= 15 is 0 Å². The summed E-state index contributed by atoms with van der Waals surface area (Å²) in [5.74, 6) is 0. The van der Waals surface area contributed by atoms with Crippen molar-refractivity contribution in [2.75, 3.05) is 4.93 Å². The van der Waals surface area contributed by atoms with Gasteiger partial charge in [-0.3, -0.25) is 0 Å². The fraction of sp³-hybridized carbons (Fsp3) is 0.455. The number of aryl methyl sites for hydroxylation is 2. The largest absolute Gasteiger partial charge is 0.0901 e. The highest BCUT2D eigenvalue weighted by Crippen LogP contribution is 2.19. The molecule has 0 aromatic heterocycles. The van der Waals surface area contributed by atoms with E-state index in [1.807, 2.05) is 4.93 Å². The van der Waals surface area contributed by atoms with Crippen LogP contribution >= 0.6 is 22.6 Å². The zero-order valence-electron chi connectivity index (χ0n) is 7.52. The third-order valence-electron chi connectivity index (χ3n) is 2.26. The van der Waals surface area contributed by atoms with E-state index in [2.05, 4.69) is 46.9 Å². The molecule has 0 nitrogen and oxygen atoms in total. The summed E-state index contributed by atoms with van der Waals surface area (Å²) in [5, 5.41) is 0. The van der Waals surface area contributed by atoms with E-state index in [4.69, 9.17) is 0 Å². The summed E-state index contributed by atoms with van der Waals surface area (Å²) in [6.45, 7) is 0. The van der Waals surface area contributed by atoms with Crippen molar-refractivity contribution in [1.29, 1.82) is 0 Å². The smallest absolute Gasteiger partial charge is 0.0121 e. The van der Waals surface area contributed by atoms with Crippen molar-refractivity contribution >= 4 is 22.6 Å². The molecule has 66 valence electrons. The van der Waals surface area contributed by atoms with Gasteiger partial charge in [0.2, 0.25) is 0 Å². The van der Waals surface area contributed by atoms with Crippen molar-refractivity contribution in [1.82, 2.24) is 0 Å². The second kappa shape index (κ2) is 5.57. The SMILES string of the molecule is CI.c1ccc2c(c1)CCCC2. The highest BCUT2D eigenvalue weighted by Gasteiger charge is 2.05. The van der Waals surface area contributed by atoms with E-state index in [1.165, 1.54) is 25.7 Å². The lowest BCUT2D eigenvalue weighted by Gasteiger charge is -2.13. The molecule has 0 saturated heterocycles. The number of benzene rings is 1. The summed E-state index contributed by atoms with van der Waals surface area (Å²) >= 11 is 2.15. The fourth-order valence-corrected chi connectivity index (χ4v) is 1.68. The number of hydrogen-bond donors (Lipinski definition) is 0. The molecule has 0 heterocycles. The van der Waals surface area contributed by atoms with Gasteiger partial charge in [0.15, 0.2) is 0 Å². The van der Waals surface area contributed by atoms with Crippen LogP contribution in [0.5, 0.6) is 0 Å². The molecular formula is C11H15I. The molecule has 1 heteroatoms. The molecule has 0 unspecified atom stereocenters. The van der Waals surface area contributed by atoms with Crippen molar-refractivity contribution in [2.24, 2.45) is 0 Å². The van der Waals surface area contributed by atoms with Crippen molar-refractivity contribution in [3.63, 3.8) is 0 Å². The van der Waals surface area contributed by atoms with Gasteiger partial charge in [0.1, 0.15) is 0 Å². The molecule has 0 spiro atoms. The highest BCUT2D eigenvalue weighted by atomic mass is 127. The highest BCUT2D eigenvalue weighted by molar-refractivity contribution is 14.1. The van der Waals surface area contributed by atoms with E-state index in [0.717, 1.165) is 0 Å². The molecule has 0 bridgehead atoms. The summed E-state index contributed by atoms with van der Waals surface area (Å²) in [7, 11) is 0. The molecule has 12 heavy (non-hydrogen) atoms. The zero-order chi connectivity index (χ0) is 8.81. The molecule has 2 rings (SSSR count). The molecule has 0 amide bonds. The third kappa shape index (κ3) is 2.47. The molecular weight excluding hydrogens is 259 g/mol. The monoisotopic (exact) mass is 274 g/mol. The Bertz CT molecular complexity index is 205. The van der Waals surface area contributed by atoms with Crippen molar-refractivity contribution in [3.05, 3.63) is 35.4 Å². The summed E-state index contributed by atoms with van der Waals surface area (Å²) in [6, 6.07) is 8.80. The first-order valence-corrected chi connectivity index (χ1v) is 6.57. The van der Waals surface area contributed by atoms with Gasteiger partial charge < -0.3 is 0 Å². The Morgan fingerprint density at radius 1 is 0.917 bits per heavy atom. The maximum Gasteiger partial charge on any atom is -0.0121 e. The van der Waals surface area contributed by atoms with Gasteiger partial charge in [-0.1, -0.05) is 46.9 Å². The van der Waals surface area contributed by atoms with E-state index < -0.39 is 0 Å². The van der Waals surface area contributed by atoms with Crippen LogP contribution in [0.4, 0.5) is 0 Å². The van der Waals surface area contributed by atoms with Gasteiger partial charge in [0.05, 0.1) is 0 Å². The van der Waals surface area contributed by atoms with Gasteiger partial charge in [0.25, 0.3) is 0 Å². The van der Waals surface area contributed by atoms with Crippen molar-refractivity contribution < 1.29 is 0 Å². The van der Waals surface area contributed by atoms with Crippen LogP contribution in [0.15, 0.2) is 24.3 Å². The Kier molecular flexibility index (Phi) is 4.66. The molecule has 0 radical (unpaired) electrons. The number of rotatable bonds is 0. The van der Waals surface area contributed by atoms with Crippen LogP contribution in [0.1, 0.15) is 24.0 Å². The fourth-order valence-electron chi connectivity index (χ4n) is 1.68. The van der Waals surface area contributed by atoms with Crippen molar-refractivity contribution in [3.8, 4) is 0 Å². The minimum atomic E-state index is 1.30. The average Bonchev–Trinajstić information content (AvgIpc) is 2.21. The van der Waals surface area contributed by atoms with E-state index in [1.54, 1.807) is 11.1 Å². The van der Waals surface area contributed by atoms with Crippen LogP contribution in [-0.4, -0.2) is 4.93 Å². The van der Waals surface area contributed by atoms with Crippen LogP contribution in [-0.2, 0) is 12.8 Å². The molecule has 1 aromatic rings. The van der Waals surface area contributed by atoms with Crippen LogP contribution < -0.4 is 0 Å². The van der Waals surface area contributed by atoms with Gasteiger partial charge in [-0.2, -0.15) is 0 Å². The predicted octanol–water partition coefficient (Wildman–Crippen LogP) is 3.62. The molecule has 0 aliphatic heterocycles. The van der Waals surface area contributed by atoms with Gasteiger partial charge in [-0.25, -0.2) is 0 Å². The Morgan fingerprint density at radius 2 is 1.33 bits per heavy atom. The van der Waals surface area contributed by atoms with E-state index in [-0.39, 0.29) is 0 Å². The second-order valence-electron chi connectivity index (χ2n) is 2.98. The Labute approximate surface area is 88.5 Å². The minimum Gasteiger partial charge on any atom is -0.0901 e. The quantitative estimate of drug-likeness (QED) is 0.500. The van der Waals surface area contributed by atoms with Crippen molar-refractivity contribution in [2.45, 2.75) is 25.7 Å². The lowest BCUT2D eigenvalue weighted by molar-refractivity contribution is 0.685. The topological polar surface area (TPSA) is 0 Å². The normalized spacial score (nSPS) is 14.2. The molecule has 1 aliphatic carbocycles. The molecule has 1 aliphatic rings. The molecule has 0 N–H and O–H groups in total. The first-order valence-electron chi connectivity index (χ1n) is 4.41. The maximum atomic E-state index is 2.26. The van der Waals surface area contributed by atoms with Crippen LogP contribution in [0.25, 0.3) is 0 Å². The predicted molar refractivity (Wildman–Crippen MR) is 63.0 cm³/mol. The summed E-state index contributed by atoms with van der Waals surface area (Å²) in [5.41, 5.74) is 3.16. The lowest BCUT2D eigenvalue weighted by Crippen LogP contribution is -2.00. The minimum absolute atomic E-state index is 1.30. The third-order valence-corrected chi connectivity index (χ3v) is 2.26. The van der Waals surface area contributed by atoms with E-state index in [9.17, 15) is 0 Å². The Morgan fingerprint density at radius 3 is 1.75 bits per heavy atom. The van der Waals surface area contributed by atoms with Gasteiger partial charge in [-0.05, 0) is 41.7 Å².